The van der Waals surface area contributed by atoms with Gasteiger partial charge in [-0.3, -0.25) is 4.98 Å². The van der Waals surface area contributed by atoms with Gasteiger partial charge in [-0.1, -0.05) is 0 Å². The minimum atomic E-state index is 0.787. The van der Waals surface area contributed by atoms with Crippen molar-refractivity contribution in [2.24, 2.45) is 0 Å². The van der Waals surface area contributed by atoms with Gasteiger partial charge in [-0.05, 0) is 24.3 Å². The Bertz CT molecular complexity index is 610. The van der Waals surface area contributed by atoms with Gasteiger partial charge in [0, 0.05) is 28.2 Å². The molecule has 1 aromatic carbocycles. The first-order valence-corrected chi connectivity index (χ1v) is 4.45. The number of nitrogen functional groups attached to an aromatic ring is 1. The van der Waals surface area contributed by atoms with Crippen molar-refractivity contribution in [3.05, 3.63) is 36.7 Å². The molecule has 0 aliphatic rings. The van der Waals surface area contributed by atoms with Gasteiger partial charge in [0.05, 0.1) is 11.7 Å². The van der Waals surface area contributed by atoms with Gasteiger partial charge in [0.25, 0.3) is 0 Å². The number of aromatic amines is 1. The summed E-state index contributed by atoms with van der Waals surface area (Å²) in [5.41, 5.74) is 8.68. The van der Waals surface area contributed by atoms with E-state index >= 15 is 0 Å². The van der Waals surface area contributed by atoms with Crippen molar-refractivity contribution < 1.29 is 0 Å². The maximum atomic E-state index is 5.74. The number of nitrogens with one attached hydrogen (secondary N) is 1. The van der Waals surface area contributed by atoms with Crippen LogP contribution in [0.2, 0.25) is 0 Å². The minimum absolute atomic E-state index is 0.787. The number of H-pyrrole nitrogens is 1. The van der Waals surface area contributed by atoms with Crippen molar-refractivity contribution in [3.8, 4) is 0 Å². The van der Waals surface area contributed by atoms with Crippen molar-refractivity contribution in [3.63, 3.8) is 0 Å². The molecule has 0 aliphatic heterocycles. The Morgan fingerprint density at radius 2 is 2.00 bits per heavy atom. The number of aromatic nitrogens is 2. The third-order valence-electron chi connectivity index (χ3n) is 2.42. The van der Waals surface area contributed by atoms with Gasteiger partial charge < -0.3 is 10.7 Å². The average molecular weight is 183 g/mol. The van der Waals surface area contributed by atoms with Gasteiger partial charge in [-0.15, -0.1) is 0 Å². The maximum Gasteiger partial charge on any atom is 0.0651 e. The molecule has 0 amide bonds. The van der Waals surface area contributed by atoms with Crippen molar-refractivity contribution in [1.29, 1.82) is 0 Å². The van der Waals surface area contributed by atoms with E-state index in [2.05, 4.69) is 9.97 Å². The van der Waals surface area contributed by atoms with E-state index in [0.717, 1.165) is 22.1 Å². The summed E-state index contributed by atoms with van der Waals surface area (Å²) in [6, 6.07) is 7.86. The van der Waals surface area contributed by atoms with Crippen LogP contribution in [0.15, 0.2) is 36.7 Å². The zero-order valence-electron chi connectivity index (χ0n) is 7.49. The van der Waals surface area contributed by atoms with Gasteiger partial charge in [-0.25, -0.2) is 0 Å². The first-order valence-electron chi connectivity index (χ1n) is 4.45. The summed E-state index contributed by atoms with van der Waals surface area (Å²) >= 11 is 0. The van der Waals surface area contributed by atoms with Crippen LogP contribution in [0.3, 0.4) is 0 Å². The minimum Gasteiger partial charge on any atom is -0.399 e. The van der Waals surface area contributed by atoms with Crippen molar-refractivity contribution in [1.82, 2.24) is 9.97 Å². The Kier molecular flexibility index (Phi) is 1.31. The van der Waals surface area contributed by atoms with Gasteiger partial charge in [0.2, 0.25) is 0 Å². The lowest BCUT2D eigenvalue weighted by Gasteiger charge is -1.92. The van der Waals surface area contributed by atoms with E-state index in [0.29, 0.717) is 0 Å². The summed E-state index contributed by atoms with van der Waals surface area (Å²) in [4.78, 5) is 7.36. The highest BCUT2D eigenvalue weighted by Crippen LogP contribution is 2.25. The van der Waals surface area contributed by atoms with E-state index in [-0.39, 0.29) is 0 Å². The van der Waals surface area contributed by atoms with Gasteiger partial charge in [-0.2, -0.15) is 0 Å². The van der Waals surface area contributed by atoms with E-state index in [1.165, 1.54) is 5.39 Å². The summed E-state index contributed by atoms with van der Waals surface area (Å²) in [7, 11) is 0. The molecule has 68 valence electrons. The van der Waals surface area contributed by atoms with Gasteiger partial charge in [0.1, 0.15) is 0 Å². The molecular formula is C11H9N3. The molecule has 3 N–H and O–H groups in total. The fourth-order valence-corrected chi connectivity index (χ4v) is 1.77. The largest absolute Gasteiger partial charge is 0.399 e. The molecule has 0 unspecified atom stereocenters. The second-order valence-electron chi connectivity index (χ2n) is 3.35. The molecule has 0 radical (unpaired) electrons. The molecule has 2 heterocycles. The number of fused-ring (bicyclic) bond motifs is 3. The number of pyridine rings is 1. The molecule has 14 heavy (non-hydrogen) atoms. The second-order valence-corrected chi connectivity index (χ2v) is 3.35. The Morgan fingerprint density at radius 3 is 2.93 bits per heavy atom. The Balaban J connectivity index is 2.58. The van der Waals surface area contributed by atoms with E-state index in [4.69, 9.17) is 5.73 Å². The molecule has 0 saturated heterocycles. The average Bonchev–Trinajstić information content (AvgIpc) is 2.56. The molecule has 3 nitrogen and oxygen atoms in total. The highest BCUT2D eigenvalue weighted by Gasteiger charge is 2.02. The topological polar surface area (TPSA) is 54.7 Å². The van der Waals surface area contributed by atoms with Crippen LogP contribution in [0.4, 0.5) is 5.69 Å². The van der Waals surface area contributed by atoms with Crippen LogP contribution < -0.4 is 5.73 Å². The van der Waals surface area contributed by atoms with E-state index in [1.54, 1.807) is 6.20 Å². The number of nitrogens with zero attached hydrogens (tertiary/aromatic N) is 1. The Hall–Kier alpha value is -2.03. The second kappa shape index (κ2) is 2.48. The molecular weight excluding hydrogens is 174 g/mol. The van der Waals surface area contributed by atoms with Crippen LogP contribution in [0, 0.1) is 0 Å². The first-order chi connectivity index (χ1) is 6.84. The van der Waals surface area contributed by atoms with Gasteiger partial charge >= 0.3 is 0 Å². The van der Waals surface area contributed by atoms with Crippen LogP contribution in [-0.4, -0.2) is 9.97 Å². The maximum absolute atomic E-state index is 5.74. The SMILES string of the molecule is Nc1ccc2[nH]c3cnccc3c2c1. The molecule has 0 spiro atoms. The number of hydrogen-bond acceptors (Lipinski definition) is 2. The summed E-state index contributed by atoms with van der Waals surface area (Å²) < 4.78 is 0. The fraction of sp³-hybridized carbons (Fsp3) is 0. The van der Waals surface area contributed by atoms with E-state index in [1.807, 2.05) is 30.5 Å². The number of rotatable bonds is 0. The molecule has 0 aliphatic carbocycles. The van der Waals surface area contributed by atoms with Crippen LogP contribution in [0.1, 0.15) is 0 Å². The van der Waals surface area contributed by atoms with Crippen molar-refractivity contribution >= 4 is 27.5 Å². The first kappa shape index (κ1) is 7.38. The standard InChI is InChI=1S/C11H9N3/c12-7-1-2-10-9(5-7)8-3-4-13-6-11(8)14-10/h1-6,14H,12H2. The summed E-state index contributed by atoms with van der Waals surface area (Å²) in [6.07, 6.45) is 3.62. The molecule has 3 rings (SSSR count). The molecule has 0 fully saturated rings. The van der Waals surface area contributed by atoms with E-state index < -0.39 is 0 Å². The third kappa shape index (κ3) is 0.893. The number of nitrogens with two attached hydrogens (primary N) is 1. The van der Waals surface area contributed by atoms with Crippen molar-refractivity contribution in [2.75, 3.05) is 5.73 Å². The molecule has 3 aromatic rings. The van der Waals surface area contributed by atoms with Crippen LogP contribution >= 0.6 is 0 Å². The zero-order chi connectivity index (χ0) is 9.54. The molecule has 2 aromatic heterocycles. The quantitative estimate of drug-likeness (QED) is 0.525. The van der Waals surface area contributed by atoms with Crippen LogP contribution in [-0.2, 0) is 0 Å². The number of anilines is 1. The smallest absolute Gasteiger partial charge is 0.0651 e. The number of benzene rings is 1. The van der Waals surface area contributed by atoms with Crippen LogP contribution in [0.25, 0.3) is 21.8 Å². The number of hydrogen-bond donors (Lipinski definition) is 2. The molecule has 0 atom stereocenters. The monoisotopic (exact) mass is 183 g/mol. The predicted molar refractivity (Wildman–Crippen MR) is 58.0 cm³/mol. The lowest BCUT2D eigenvalue weighted by atomic mass is 10.2. The summed E-state index contributed by atoms with van der Waals surface area (Å²) in [6.45, 7) is 0. The highest BCUT2D eigenvalue weighted by atomic mass is 14.7. The Morgan fingerprint density at radius 1 is 1.07 bits per heavy atom. The van der Waals surface area contributed by atoms with E-state index in [9.17, 15) is 0 Å². The Labute approximate surface area is 80.6 Å². The summed E-state index contributed by atoms with van der Waals surface area (Å²) in [5, 5.41) is 2.32. The van der Waals surface area contributed by atoms with Crippen LogP contribution in [0.5, 0.6) is 0 Å². The molecule has 0 saturated carbocycles. The third-order valence-corrected chi connectivity index (χ3v) is 2.42. The predicted octanol–water partition coefficient (Wildman–Crippen LogP) is 2.30. The normalized spacial score (nSPS) is 11.1. The lowest BCUT2D eigenvalue weighted by molar-refractivity contribution is 1.35. The zero-order valence-corrected chi connectivity index (χ0v) is 7.49. The highest BCUT2D eigenvalue weighted by molar-refractivity contribution is 6.07. The van der Waals surface area contributed by atoms with Gasteiger partial charge in [0.15, 0.2) is 0 Å². The molecule has 3 heteroatoms. The van der Waals surface area contributed by atoms with Crippen molar-refractivity contribution in [2.45, 2.75) is 0 Å². The fourth-order valence-electron chi connectivity index (χ4n) is 1.77. The lowest BCUT2D eigenvalue weighted by Crippen LogP contribution is -1.81. The molecule has 0 bridgehead atoms. The summed E-state index contributed by atoms with van der Waals surface area (Å²) in [5.74, 6) is 0.